The number of aliphatic hydroxyl groups excluding tert-OH is 1. The van der Waals surface area contributed by atoms with Gasteiger partial charge < -0.3 is 10.8 Å². The van der Waals surface area contributed by atoms with Crippen molar-refractivity contribution in [3.63, 3.8) is 0 Å². The van der Waals surface area contributed by atoms with Crippen molar-refractivity contribution in [2.24, 2.45) is 11.7 Å². The van der Waals surface area contributed by atoms with Crippen molar-refractivity contribution in [2.75, 3.05) is 6.54 Å². The molecule has 1 radical (unpaired) electrons. The monoisotopic (exact) mass is 156 g/mol. The predicted octanol–water partition coefficient (Wildman–Crippen LogP) is 1.09. The Bertz CT molecular complexity index is 99.7. The van der Waals surface area contributed by atoms with Crippen LogP contribution in [0.25, 0.3) is 0 Å². The number of hydrogen-bond acceptors (Lipinski definition) is 2. The first-order chi connectivity index (χ1) is 5.34. The molecule has 1 fully saturated rings. The van der Waals surface area contributed by atoms with E-state index in [0.29, 0.717) is 12.5 Å². The van der Waals surface area contributed by atoms with Crippen LogP contribution in [-0.4, -0.2) is 17.8 Å². The highest BCUT2D eigenvalue weighted by Crippen LogP contribution is 2.26. The molecular weight excluding hydrogens is 138 g/mol. The molecule has 0 spiro atoms. The average molecular weight is 156 g/mol. The third-order valence-corrected chi connectivity index (χ3v) is 2.46. The third kappa shape index (κ3) is 2.80. The van der Waals surface area contributed by atoms with Crippen LogP contribution >= 0.6 is 0 Å². The summed E-state index contributed by atoms with van der Waals surface area (Å²) in [5.41, 5.74) is 5.37. The second-order valence-electron chi connectivity index (χ2n) is 3.36. The molecule has 0 aromatic heterocycles. The molecule has 1 rings (SSSR count). The third-order valence-electron chi connectivity index (χ3n) is 2.46. The number of aliphatic hydroxyl groups is 1. The molecule has 11 heavy (non-hydrogen) atoms. The molecule has 1 unspecified atom stereocenters. The number of hydrogen-bond donors (Lipinski definition) is 2. The molecule has 0 aromatic carbocycles. The molecule has 1 aliphatic carbocycles. The van der Waals surface area contributed by atoms with Crippen molar-refractivity contribution >= 4 is 0 Å². The summed E-state index contributed by atoms with van der Waals surface area (Å²) < 4.78 is 0. The molecule has 0 bridgehead atoms. The van der Waals surface area contributed by atoms with Crippen molar-refractivity contribution in [1.82, 2.24) is 0 Å². The van der Waals surface area contributed by atoms with Crippen LogP contribution in [0.15, 0.2) is 0 Å². The molecule has 2 atom stereocenters. The SMILES string of the molecule is NCCC(O)[C@@H]1C[CH]CCC1. The van der Waals surface area contributed by atoms with Crippen LogP contribution in [0.4, 0.5) is 0 Å². The fraction of sp³-hybridized carbons (Fsp3) is 0.889. The van der Waals surface area contributed by atoms with E-state index in [1.807, 2.05) is 0 Å². The summed E-state index contributed by atoms with van der Waals surface area (Å²) in [6, 6.07) is 0. The summed E-state index contributed by atoms with van der Waals surface area (Å²) in [5.74, 6) is 0.493. The van der Waals surface area contributed by atoms with Crippen LogP contribution in [0.3, 0.4) is 0 Å². The summed E-state index contributed by atoms with van der Waals surface area (Å²) in [6.45, 7) is 0.609. The highest BCUT2D eigenvalue weighted by Gasteiger charge is 2.20. The van der Waals surface area contributed by atoms with Gasteiger partial charge in [0.25, 0.3) is 0 Å². The molecule has 0 aromatic rings. The summed E-state index contributed by atoms with van der Waals surface area (Å²) in [7, 11) is 0. The van der Waals surface area contributed by atoms with Gasteiger partial charge in [-0.3, -0.25) is 0 Å². The van der Waals surface area contributed by atoms with Crippen LogP contribution in [0, 0.1) is 12.3 Å². The molecule has 0 heterocycles. The smallest absolute Gasteiger partial charge is 0.0580 e. The lowest BCUT2D eigenvalue weighted by Gasteiger charge is -2.25. The molecule has 2 nitrogen and oxygen atoms in total. The van der Waals surface area contributed by atoms with E-state index >= 15 is 0 Å². The van der Waals surface area contributed by atoms with Crippen LogP contribution < -0.4 is 5.73 Å². The normalized spacial score (nSPS) is 23.5. The Labute approximate surface area is 68.8 Å². The van der Waals surface area contributed by atoms with Gasteiger partial charge in [-0.2, -0.15) is 0 Å². The highest BCUT2D eigenvalue weighted by molar-refractivity contribution is 4.81. The lowest BCUT2D eigenvalue weighted by atomic mass is 9.84. The summed E-state index contributed by atoms with van der Waals surface area (Å²) >= 11 is 0. The van der Waals surface area contributed by atoms with Crippen molar-refractivity contribution < 1.29 is 5.11 Å². The van der Waals surface area contributed by atoms with Crippen LogP contribution in [0.5, 0.6) is 0 Å². The molecule has 1 aliphatic rings. The molecule has 2 heteroatoms. The molecular formula is C9H18NO. The minimum Gasteiger partial charge on any atom is -0.393 e. The fourth-order valence-corrected chi connectivity index (χ4v) is 1.73. The molecule has 0 aliphatic heterocycles. The zero-order chi connectivity index (χ0) is 8.10. The Morgan fingerprint density at radius 3 is 3.00 bits per heavy atom. The Morgan fingerprint density at radius 2 is 2.45 bits per heavy atom. The first kappa shape index (κ1) is 9.01. The van der Waals surface area contributed by atoms with E-state index in [1.54, 1.807) is 0 Å². The van der Waals surface area contributed by atoms with Crippen molar-refractivity contribution in [3.05, 3.63) is 6.42 Å². The lowest BCUT2D eigenvalue weighted by molar-refractivity contribution is 0.0881. The minimum atomic E-state index is -0.156. The van der Waals surface area contributed by atoms with E-state index in [9.17, 15) is 5.11 Å². The van der Waals surface area contributed by atoms with E-state index in [0.717, 1.165) is 12.8 Å². The quantitative estimate of drug-likeness (QED) is 0.642. The average Bonchev–Trinajstić information content (AvgIpc) is 2.07. The largest absolute Gasteiger partial charge is 0.393 e. The molecule has 0 amide bonds. The topological polar surface area (TPSA) is 46.2 Å². The Kier molecular flexibility index (Phi) is 3.87. The Hall–Kier alpha value is -0.0800. The minimum absolute atomic E-state index is 0.156. The fourth-order valence-electron chi connectivity index (χ4n) is 1.73. The summed E-state index contributed by atoms with van der Waals surface area (Å²) in [6.07, 6.45) is 7.63. The molecule has 0 saturated heterocycles. The van der Waals surface area contributed by atoms with Crippen molar-refractivity contribution in [3.8, 4) is 0 Å². The van der Waals surface area contributed by atoms with Gasteiger partial charge in [0.05, 0.1) is 6.10 Å². The predicted molar refractivity (Wildman–Crippen MR) is 45.9 cm³/mol. The van der Waals surface area contributed by atoms with E-state index in [2.05, 4.69) is 6.42 Å². The van der Waals surface area contributed by atoms with E-state index < -0.39 is 0 Å². The highest BCUT2D eigenvalue weighted by atomic mass is 16.3. The van der Waals surface area contributed by atoms with Crippen LogP contribution in [0.1, 0.15) is 32.1 Å². The van der Waals surface area contributed by atoms with Crippen molar-refractivity contribution in [1.29, 1.82) is 0 Å². The molecule has 3 N–H and O–H groups in total. The van der Waals surface area contributed by atoms with Gasteiger partial charge in [0.15, 0.2) is 0 Å². The standard InChI is InChI=1S/C9H18NO/c10-7-6-9(11)8-4-2-1-3-5-8/h2,8-9,11H,1,3-7,10H2/t8-,9?/m1/s1. The zero-order valence-electron chi connectivity index (χ0n) is 7.00. The van der Waals surface area contributed by atoms with Crippen molar-refractivity contribution in [2.45, 2.75) is 38.2 Å². The second kappa shape index (κ2) is 4.73. The maximum atomic E-state index is 9.57. The van der Waals surface area contributed by atoms with Crippen LogP contribution in [-0.2, 0) is 0 Å². The molecule has 65 valence electrons. The summed E-state index contributed by atoms with van der Waals surface area (Å²) in [5, 5.41) is 9.57. The number of nitrogens with two attached hydrogens (primary N) is 1. The van der Waals surface area contributed by atoms with Crippen LogP contribution in [0.2, 0.25) is 0 Å². The van der Waals surface area contributed by atoms with Gasteiger partial charge in [0.2, 0.25) is 0 Å². The van der Waals surface area contributed by atoms with Gasteiger partial charge in [0, 0.05) is 0 Å². The maximum absolute atomic E-state index is 9.57. The summed E-state index contributed by atoms with van der Waals surface area (Å²) in [4.78, 5) is 0. The van der Waals surface area contributed by atoms with Gasteiger partial charge in [-0.05, 0) is 38.1 Å². The first-order valence-electron chi connectivity index (χ1n) is 4.54. The van der Waals surface area contributed by atoms with Gasteiger partial charge in [0.1, 0.15) is 0 Å². The Balaban J connectivity index is 2.21. The molecule has 1 saturated carbocycles. The Morgan fingerprint density at radius 1 is 1.64 bits per heavy atom. The lowest BCUT2D eigenvalue weighted by Crippen LogP contribution is -2.25. The van der Waals surface area contributed by atoms with Gasteiger partial charge in [-0.1, -0.05) is 12.8 Å². The zero-order valence-corrected chi connectivity index (χ0v) is 7.00. The number of rotatable bonds is 3. The maximum Gasteiger partial charge on any atom is 0.0580 e. The van der Waals surface area contributed by atoms with E-state index in [4.69, 9.17) is 5.73 Å². The van der Waals surface area contributed by atoms with Gasteiger partial charge >= 0.3 is 0 Å². The van der Waals surface area contributed by atoms with Gasteiger partial charge in [-0.25, -0.2) is 0 Å². The van der Waals surface area contributed by atoms with Gasteiger partial charge in [-0.15, -0.1) is 0 Å². The first-order valence-corrected chi connectivity index (χ1v) is 4.54. The van der Waals surface area contributed by atoms with E-state index in [1.165, 1.54) is 19.3 Å². The second-order valence-corrected chi connectivity index (χ2v) is 3.36. The van der Waals surface area contributed by atoms with E-state index in [-0.39, 0.29) is 6.10 Å².